The van der Waals surface area contributed by atoms with Crippen molar-refractivity contribution in [3.05, 3.63) is 35.7 Å². The Labute approximate surface area is 185 Å². The van der Waals surface area contributed by atoms with E-state index in [9.17, 15) is 4.79 Å². The molecule has 1 saturated carbocycles. The number of aryl methyl sites for hydroxylation is 1. The van der Waals surface area contributed by atoms with Crippen LogP contribution in [0.3, 0.4) is 0 Å². The molecule has 2 aliphatic rings. The number of hydrogen-bond donors (Lipinski definition) is 0. The number of nitrogens with zero attached hydrogens (tertiary/aromatic N) is 6. The second kappa shape index (κ2) is 9.73. The summed E-state index contributed by atoms with van der Waals surface area (Å²) in [4.78, 5) is 33.3. The number of pyridine rings is 1. The first-order chi connectivity index (χ1) is 15.0. The Hall–Kier alpha value is -2.54. The van der Waals surface area contributed by atoms with Crippen molar-refractivity contribution in [2.45, 2.75) is 52.0 Å². The maximum Gasteiger partial charge on any atom is 0.236 e. The van der Waals surface area contributed by atoms with Gasteiger partial charge in [-0.25, -0.2) is 9.97 Å². The number of aromatic nitrogens is 3. The maximum atomic E-state index is 12.8. The van der Waals surface area contributed by atoms with Crippen LogP contribution in [-0.2, 0) is 4.79 Å². The normalized spacial score (nSPS) is 18.2. The average Bonchev–Trinajstić information content (AvgIpc) is 2.82. The second-order valence-corrected chi connectivity index (χ2v) is 8.86. The van der Waals surface area contributed by atoms with Gasteiger partial charge >= 0.3 is 0 Å². The summed E-state index contributed by atoms with van der Waals surface area (Å²) in [6, 6.07) is 6.23. The van der Waals surface area contributed by atoms with Crippen molar-refractivity contribution in [2.75, 3.05) is 44.7 Å². The molecule has 0 spiro atoms. The molecular formula is C24H34N6O. The van der Waals surface area contributed by atoms with E-state index in [4.69, 9.17) is 4.98 Å². The van der Waals surface area contributed by atoms with Gasteiger partial charge in [-0.2, -0.15) is 0 Å². The third kappa shape index (κ3) is 5.03. The van der Waals surface area contributed by atoms with E-state index in [-0.39, 0.29) is 5.91 Å². The highest BCUT2D eigenvalue weighted by molar-refractivity contribution is 5.78. The standard InChI is InChI=1S/C24H34N6O/c1-18-19(2)26-23(21-11-7-8-12-25-21)27-24(18)30-15-13-29(14-16-30)17-22(31)28(3)20-9-5-4-6-10-20/h7-8,11-12,20H,4-6,9-10,13-17H2,1-3H3. The van der Waals surface area contributed by atoms with Crippen LogP contribution < -0.4 is 4.90 Å². The molecule has 1 amide bonds. The molecular weight excluding hydrogens is 388 g/mol. The topological polar surface area (TPSA) is 65.5 Å². The van der Waals surface area contributed by atoms with Crippen LogP contribution in [0.4, 0.5) is 5.82 Å². The fraction of sp³-hybridized carbons (Fsp3) is 0.583. The molecule has 0 aromatic carbocycles. The predicted molar refractivity (Wildman–Crippen MR) is 123 cm³/mol. The Morgan fingerprint density at radius 2 is 1.81 bits per heavy atom. The van der Waals surface area contributed by atoms with E-state index in [0.29, 0.717) is 18.4 Å². The van der Waals surface area contributed by atoms with Crippen molar-refractivity contribution in [3.63, 3.8) is 0 Å². The van der Waals surface area contributed by atoms with E-state index >= 15 is 0 Å². The summed E-state index contributed by atoms with van der Waals surface area (Å²) in [5, 5.41) is 0. The summed E-state index contributed by atoms with van der Waals surface area (Å²) in [6.07, 6.45) is 7.89. The minimum atomic E-state index is 0.256. The highest BCUT2D eigenvalue weighted by atomic mass is 16.2. The summed E-state index contributed by atoms with van der Waals surface area (Å²) in [5.41, 5.74) is 2.89. The third-order valence-corrected chi connectivity index (χ3v) is 6.80. The predicted octanol–water partition coefficient (Wildman–Crippen LogP) is 3.07. The van der Waals surface area contributed by atoms with Crippen molar-refractivity contribution >= 4 is 11.7 Å². The summed E-state index contributed by atoms with van der Waals surface area (Å²) >= 11 is 0. The van der Waals surface area contributed by atoms with Gasteiger partial charge in [-0.1, -0.05) is 25.3 Å². The Morgan fingerprint density at radius 1 is 1.06 bits per heavy atom. The first-order valence-corrected chi connectivity index (χ1v) is 11.5. The molecule has 1 saturated heterocycles. The van der Waals surface area contributed by atoms with E-state index in [1.807, 2.05) is 37.1 Å². The number of carbonyl (C=O) groups excluding carboxylic acids is 1. The monoisotopic (exact) mass is 422 g/mol. The van der Waals surface area contributed by atoms with Crippen molar-refractivity contribution in [1.29, 1.82) is 0 Å². The van der Waals surface area contributed by atoms with E-state index < -0.39 is 0 Å². The molecule has 0 radical (unpaired) electrons. The number of hydrogen-bond acceptors (Lipinski definition) is 6. The van der Waals surface area contributed by atoms with Gasteiger partial charge in [0.15, 0.2) is 5.82 Å². The van der Waals surface area contributed by atoms with Gasteiger partial charge in [0.2, 0.25) is 5.91 Å². The molecule has 3 heterocycles. The lowest BCUT2D eigenvalue weighted by Crippen LogP contribution is -2.51. The van der Waals surface area contributed by atoms with Gasteiger partial charge in [-0.05, 0) is 38.8 Å². The Bertz CT molecular complexity index is 888. The second-order valence-electron chi connectivity index (χ2n) is 8.86. The molecule has 2 aromatic rings. The van der Waals surface area contributed by atoms with Crippen LogP contribution in [0.2, 0.25) is 0 Å². The maximum absolute atomic E-state index is 12.8. The van der Waals surface area contributed by atoms with Crippen molar-refractivity contribution in [2.24, 2.45) is 0 Å². The van der Waals surface area contributed by atoms with Gasteiger partial charge in [-0.3, -0.25) is 14.7 Å². The summed E-state index contributed by atoms with van der Waals surface area (Å²) in [5.74, 6) is 1.91. The molecule has 166 valence electrons. The molecule has 4 rings (SSSR count). The van der Waals surface area contributed by atoms with E-state index in [1.165, 1.54) is 19.3 Å². The Kier molecular flexibility index (Phi) is 6.80. The van der Waals surface area contributed by atoms with Gasteiger partial charge in [0.1, 0.15) is 11.5 Å². The van der Waals surface area contributed by atoms with Gasteiger partial charge in [0.05, 0.1) is 6.54 Å². The van der Waals surface area contributed by atoms with Gasteiger partial charge < -0.3 is 9.80 Å². The third-order valence-electron chi connectivity index (χ3n) is 6.80. The lowest BCUT2D eigenvalue weighted by Gasteiger charge is -2.37. The average molecular weight is 423 g/mol. The van der Waals surface area contributed by atoms with Crippen molar-refractivity contribution in [1.82, 2.24) is 24.8 Å². The van der Waals surface area contributed by atoms with Crippen LogP contribution in [0.25, 0.3) is 11.5 Å². The molecule has 2 aromatic heterocycles. The Balaban J connectivity index is 1.38. The van der Waals surface area contributed by atoms with Gasteiger partial charge in [-0.15, -0.1) is 0 Å². The molecule has 0 bridgehead atoms. The van der Waals surface area contributed by atoms with Crippen LogP contribution in [0.15, 0.2) is 24.4 Å². The fourth-order valence-corrected chi connectivity index (χ4v) is 4.62. The molecule has 0 unspecified atom stereocenters. The van der Waals surface area contributed by atoms with Gasteiger partial charge in [0, 0.05) is 56.7 Å². The van der Waals surface area contributed by atoms with Crippen LogP contribution in [0.1, 0.15) is 43.4 Å². The molecule has 2 fully saturated rings. The fourth-order valence-electron chi connectivity index (χ4n) is 4.62. The molecule has 1 aliphatic carbocycles. The smallest absolute Gasteiger partial charge is 0.236 e. The zero-order valence-electron chi connectivity index (χ0n) is 19.0. The number of piperazine rings is 1. The molecule has 7 heteroatoms. The highest BCUT2D eigenvalue weighted by Gasteiger charge is 2.26. The number of anilines is 1. The minimum absolute atomic E-state index is 0.256. The summed E-state index contributed by atoms with van der Waals surface area (Å²) < 4.78 is 0. The molecule has 0 N–H and O–H groups in total. The largest absolute Gasteiger partial charge is 0.354 e. The lowest BCUT2D eigenvalue weighted by molar-refractivity contribution is -0.133. The van der Waals surface area contributed by atoms with Gasteiger partial charge in [0.25, 0.3) is 0 Å². The minimum Gasteiger partial charge on any atom is -0.354 e. The summed E-state index contributed by atoms with van der Waals surface area (Å²) in [7, 11) is 1.99. The number of rotatable bonds is 5. The number of likely N-dealkylation sites (N-methyl/N-ethyl adjacent to an activating group) is 1. The van der Waals surface area contributed by atoms with E-state index in [2.05, 4.69) is 26.7 Å². The lowest BCUT2D eigenvalue weighted by atomic mass is 9.94. The van der Waals surface area contributed by atoms with Crippen LogP contribution in [0, 0.1) is 13.8 Å². The zero-order chi connectivity index (χ0) is 21.8. The van der Waals surface area contributed by atoms with Crippen molar-refractivity contribution < 1.29 is 4.79 Å². The van der Waals surface area contributed by atoms with E-state index in [0.717, 1.165) is 61.8 Å². The van der Waals surface area contributed by atoms with Crippen molar-refractivity contribution in [3.8, 4) is 11.5 Å². The molecule has 1 aliphatic heterocycles. The quantitative estimate of drug-likeness (QED) is 0.738. The van der Waals surface area contributed by atoms with Crippen LogP contribution in [0.5, 0.6) is 0 Å². The first kappa shape index (κ1) is 21.7. The summed E-state index contributed by atoms with van der Waals surface area (Å²) in [6.45, 7) is 8.09. The molecule has 7 nitrogen and oxygen atoms in total. The molecule has 0 atom stereocenters. The number of amides is 1. The SMILES string of the molecule is Cc1nc(-c2ccccn2)nc(N2CCN(CC(=O)N(C)C3CCCCC3)CC2)c1C. The first-order valence-electron chi connectivity index (χ1n) is 11.5. The number of carbonyl (C=O) groups is 1. The molecule has 31 heavy (non-hydrogen) atoms. The highest BCUT2D eigenvalue weighted by Crippen LogP contribution is 2.25. The van der Waals surface area contributed by atoms with Crippen LogP contribution >= 0.6 is 0 Å². The van der Waals surface area contributed by atoms with E-state index in [1.54, 1.807) is 6.20 Å². The Morgan fingerprint density at radius 3 is 2.48 bits per heavy atom. The van der Waals surface area contributed by atoms with Crippen LogP contribution in [-0.4, -0.2) is 76.5 Å². The zero-order valence-corrected chi connectivity index (χ0v) is 19.0.